The second-order valence-corrected chi connectivity index (χ2v) is 12.4. The molecule has 2 aliphatic heterocycles. The van der Waals surface area contributed by atoms with Crippen molar-refractivity contribution >= 4 is 20.0 Å². The maximum atomic E-state index is 13.4. The molecule has 0 amide bonds. The van der Waals surface area contributed by atoms with Gasteiger partial charge in [0.2, 0.25) is 0 Å². The Bertz CT molecular complexity index is 1150. The molecule has 2 saturated heterocycles. The predicted octanol–water partition coefficient (Wildman–Crippen LogP) is 0.997. The second kappa shape index (κ2) is 10.2. The molecule has 0 bridgehead atoms. The first kappa shape index (κ1) is 24.2. The fourth-order valence-electron chi connectivity index (χ4n) is 4.52. The van der Waals surface area contributed by atoms with Gasteiger partial charge in [0.25, 0.3) is 10.2 Å². The van der Waals surface area contributed by atoms with Gasteiger partial charge in [-0.15, -0.1) is 0 Å². The Labute approximate surface area is 195 Å². The summed E-state index contributed by atoms with van der Waals surface area (Å²) in [5, 5.41) is -0.0186. The van der Waals surface area contributed by atoms with Gasteiger partial charge in [-0.25, -0.2) is 13.4 Å². The van der Waals surface area contributed by atoms with Gasteiger partial charge in [-0.2, -0.15) is 17.0 Å². The van der Waals surface area contributed by atoms with E-state index in [2.05, 4.69) is 4.98 Å². The molecule has 0 spiro atoms. The third-order valence-electron chi connectivity index (χ3n) is 6.21. The van der Waals surface area contributed by atoms with Crippen LogP contribution < -0.4 is 5.73 Å². The van der Waals surface area contributed by atoms with Crippen molar-refractivity contribution in [2.75, 3.05) is 45.1 Å². The van der Waals surface area contributed by atoms with Gasteiger partial charge in [0, 0.05) is 38.9 Å². The average Bonchev–Trinajstić information content (AvgIpc) is 2.84. The smallest absolute Gasteiger partial charge is 0.282 e. The summed E-state index contributed by atoms with van der Waals surface area (Å²) < 4.78 is 61.3. The van der Waals surface area contributed by atoms with Crippen molar-refractivity contribution in [1.29, 1.82) is 0 Å². The van der Waals surface area contributed by atoms with Gasteiger partial charge < -0.3 is 10.5 Å². The van der Waals surface area contributed by atoms with E-state index in [0.717, 1.165) is 5.56 Å². The number of nitrogens with zero attached hydrogens (tertiary/aromatic N) is 3. The van der Waals surface area contributed by atoms with Crippen molar-refractivity contribution < 1.29 is 21.6 Å². The summed E-state index contributed by atoms with van der Waals surface area (Å²) in [6.07, 6.45) is 2.02. The fourth-order valence-corrected chi connectivity index (χ4v) is 7.81. The maximum absolute atomic E-state index is 13.4. The number of morpholine rings is 1. The van der Waals surface area contributed by atoms with Crippen LogP contribution in [0.5, 0.6) is 0 Å². The first-order valence-electron chi connectivity index (χ1n) is 11.1. The molecule has 0 radical (unpaired) electrons. The number of rotatable bonds is 7. The molecule has 0 aliphatic carbocycles. The minimum atomic E-state index is -3.73. The minimum Gasteiger partial charge on any atom is -0.379 e. The van der Waals surface area contributed by atoms with Crippen LogP contribution in [0.15, 0.2) is 53.7 Å². The number of ether oxygens (including phenoxy) is 1. The molecule has 9 nitrogen and oxygen atoms in total. The molecule has 1 aromatic carbocycles. The van der Waals surface area contributed by atoms with Crippen molar-refractivity contribution in [3.63, 3.8) is 0 Å². The Morgan fingerprint density at radius 2 is 1.73 bits per heavy atom. The van der Waals surface area contributed by atoms with Gasteiger partial charge in [0.1, 0.15) is 0 Å². The molecule has 0 saturated carbocycles. The fraction of sp³-hybridized carbons (Fsp3) is 0.500. The number of sulfone groups is 1. The lowest BCUT2D eigenvalue weighted by molar-refractivity contribution is 0.0689. The van der Waals surface area contributed by atoms with Crippen LogP contribution in [0, 0.1) is 5.92 Å². The summed E-state index contributed by atoms with van der Waals surface area (Å²) in [6.45, 7) is 2.00. The lowest BCUT2D eigenvalue weighted by Crippen LogP contribution is -2.53. The van der Waals surface area contributed by atoms with Crippen LogP contribution in [0.25, 0.3) is 0 Å². The zero-order valence-corrected chi connectivity index (χ0v) is 20.0. The van der Waals surface area contributed by atoms with Crippen LogP contribution in [0.1, 0.15) is 23.5 Å². The van der Waals surface area contributed by atoms with E-state index in [1.165, 1.54) is 20.9 Å². The minimum absolute atomic E-state index is 0.0186. The number of piperidine rings is 1. The van der Waals surface area contributed by atoms with Crippen molar-refractivity contribution in [2.45, 2.75) is 23.9 Å². The first-order valence-corrected chi connectivity index (χ1v) is 14.1. The van der Waals surface area contributed by atoms with E-state index in [1.807, 2.05) is 30.3 Å². The molecule has 2 aromatic rings. The molecule has 11 heteroatoms. The van der Waals surface area contributed by atoms with Crippen molar-refractivity contribution in [2.24, 2.45) is 11.7 Å². The summed E-state index contributed by atoms with van der Waals surface area (Å²) in [5.74, 6) is -0.639. The standard InChI is InChI=1S/C22H30N4O5S2/c23-14-18-6-7-24-22(13-18)32(27,28)17-19-12-21(20-4-2-1-3-5-20)16-26(15-19)33(29,30)25-8-10-31-11-9-25/h1-7,13,19,21H,8-12,14-17,23H2. The second-order valence-electron chi connectivity index (χ2n) is 8.53. The molecule has 2 N–H and O–H groups in total. The van der Waals surface area contributed by atoms with E-state index in [9.17, 15) is 16.8 Å². The molecule has 3 heterocycles. The summed E-state index contributed by atoms with van der Waals surface area (Å²) >= 11 is 0. The molecule has 4 rings (SSSR count). The highest BCUT2D eigenvalue weighted by Gasteiger charge is 2.39. The molecule has 180 valence electrons. The van der Waals surface area contributed by atoms with Crippen molar-refractivity contribution in [3.8, 4) is 0 Å². The lowest BCUT2D eigenvalue weighted by Gasteiger charge is -2.40. The topological polar surface area (TPSA) is 123 Å². The number of hydrogen-bond donors (Lipinski definition) is 1. The molecule has 33 heavy (non-hydrogen) atoms. The van der Waals surface area contributed by atoms with E-state index in [4.69, 9.17) is 10.5 Å². The number of pyridine rings is 1. The highest BCUT2D eigenvalue weighted by atomic mass is 32.2. The summed E-state index contributed by atoms with van der Waals surface area (Å²) in [4.78, 5) is 4.05. The Kier molecular flexibility index (Phi) is 7.46. The summed E-state index contributed by atoms with van der Waals surface area (Å²) in [6, 6.07) is 12.8. The van der Waals surface area contributed by atoms with Gasteiger partial charge in [-0.1, -0.05) is 30.3 Å². The Balaban J connectivity index is 1.61. The molecule has 2 aliphatic rings. The monoisotopic (exact) mass is 494 g/mol. The number of hydrogen-bond acceptors (Lipinski definition) is 7. The van der Waals surface area contributed by atoms with E-state index >= 15 is 0 Å². The Morgan fingerprint density at radius 3 is 2.42 bits per heavy atom. The van der Waals surface area contributed by atoms with Gasteiger partial charge >= 0.3 is 0 Å². The Hall–Kier alpha value is -1.89. The van der Waals surface area contributed by atoms with Crippen LogP contribution >= 0.6 is 0 Å². The van der Waals surface area contributed by atoms with Gasteiger partial charge in [-0.05, 0) is 41.5 Å². The highest BCUT2D eigenvalue weighted by Crippen LogP contribution is 2.34. The first-order chi connectivity index (χ1) is 15.8. The quantitative estimate of drug-likeness (QED) is 0.609. The number of aromatic nitrogens is 1. The molecular formula is C22H30N4O5S2. The summed E-state index contributed by atoms with van der Waals surface area (Å²) in [7, 11) is -7.44. The third-order valence-corrected chi connectivity index (χ3v) is 9.95. The molecule has 1 aromatic heterocycles. The SMILES string of the molecule is NCc1ccnc(S(=O)(=O)CC2CC(c3ccccc3)CN(S(=O)(=O)N3CCOCC3)C2)c1. The lowest BCUT2D eigenvalue weighted by atomic mass is 9.86. The molecule has 2 atom stereocenters. The summed E-state index contributed by atoms with van der Waals surface area (Å²) in [5.41, 5.74) is 7.35. The number of nitrogens with two attached hydrogens (primary N) is 1. The van der Waals surface area contributed by atoms with Crippen LogP contribution in [0.2, 0.25) is 0 Å². The Morgan fingerprint density at radius 1 is 1.00 bits per heavy atom. The van der Waals surface area contributed by atoms with E-state index in [-0.39, 0.29) is 35.7 Å². The predicted molar refractivity (Wildman–Crippen MR) is 124 cm³/mol. The van der Waals surface area contributed by atoms with Gasteiger partial charge in [0.05, 0.1) is 19.0 Å². The van der Waals surface area contributed by atoms with Crippen LogP contribution in [-0.4, -0.2) is 75.6 Å². The van der Waals surface area contributed by atoms with E-state index in [1.54, 1.807) is 6.07 Å². The van der Waals surface area contributed by atoms with Gasteiger partial charge in [-0.3, -0.25) is 0 Å². The van der Waals surface area contributed by atoms with Crippen molar-refractivity contribution in [1.82, 2.24) is 13.6 Å². The average molecular weight is 495 g/mol. The highest BCUT2D eigenvalue weighted by molar-refractivity contribution is 7.91. The molecule has 2 fully saturated rings. The maximum Gasteiger partial charge on any atom is 0.282 e. The largest absolute Gasteiger partial charge is 0.379 e. The van der Waals surface area contributed by atoms with Crippen LogP contribution in [-0.2, 0) is 31.3 Å². The van der Waals surface area contributed by atoms with Crippen LogP contribution in [0.4, 0.5) is 0 Å². The van der Waals surface area contributed by atoms with E-state index in [0.29, 0.717) is 44.8 Å². The third kappa shape index (κ3) is 5.61. The zero-order chi connectivity index (χ0) is 23.5. The molecule has 2 unspecified atom stereocenters. The zero-order valence-electron chi connectivity index (χ0n) is 18.4. The van der Waals surface area contributed by atoms with Gasteiger partial charge in [0.15, 0.2) is 14.9 Å². The van der Waals surface area contributed by atoms with Crippen LogP contribution in [0.3, 0.4) is 0 Å². The van der Waals surface area contributed by atoms with Crippen molar-refractivity contribution in [3.05, 3.63) is 59.8 Å². The van der Waals surface area contributed by atoms with E-state index < -0.39 is 20.0 Å². The molecular weight excluding hydrogens is 464 g/mol. The number of benzene rings is 1. The normalized spacial score (nSPS) is 23.4.